The Labute approximate surface area is 88.9 Å². The first kappa shape index (κ1) is 13.9. The van der Waals surface area contributed by atoms with Crippen LogP contribution in [0.2, 0.25) is 0 Å². The Kier molecular flexibility index (Phi) is 6.38. The molecule has 0 aromatic rings. The van der Waals surface area contributed by atoms with Crippen LogP contribution in [0.15, 0.2) is 0 Å². The number of aliphatic hydroxyl groups excluding tert-OH is 1. The SMILES string of the molecule is CC(C)CCCC(CN)(CO)C(C)C. The minimum Gasteiger partial charge on any atom is -0.396 e. The van der Waals surface area contributed by atoms with Crippen LogP contribution < -0.4 is 5.73 Å². The number of hydrogen-bond donors (Lipinski definition) is 2. The van der Waals surface area contributed by atoms with E-state index in [0.29, 0.717) is 12.5 Å². The van der Waals surface area contributed by atoms with E-state index in [-0.39, 0.29) is 12.0 Å². The maximum Gasteiger partial charge on any atom is 0.0501 e. The molecule has 0 rings (SSSR count). The van der Waals surface area contributed by atoms with Gasteiger partial charge in [-0.3, -0.25) is 0 Å². The predicted octanol–water partition coefficient (Wildman–Crippen LogP) is 2.41. The Morgan fingerprint density at radius 3 is 2.07 bits per heavy atom. The van der Waals surface area contributed by atoms with Gasteiger partial charge in [0.15, 0.2) is 0 Å². The summed E-state index contributed by atoms with van der Waals surface area (Å²) in [6.07, 6.45) is 3.46. The Bertz CT molecular complexity index is 139. The molecule has 2 nitrogen and oxygen atoms in total. The van der Waals surface area contributed by atoms with Crippen LogP contribution in [0.25, 0.3) is 0 Å². The molecule has 0 spiro atoms. The fourth-order valence-corrected chi connectivity index (χ4v) is 1.81. The fraction of sp³-hybridized carbons (Fsp3) is 1.00. The van der Waals surface area contributed by atoms with Crippen molar-refractivity contribution in [1.82, 2.24) is 0 Å². The van der Waals surface area contributed by atoms with E-state index < -0.39 is 0 Å². The second kappa shape index (κ2) is 6.41. The first-order chi connectivity index (χ1) is 6.48. The molecule has 86 valence electrons. The summed E-state index contributed by atoms with van der Waals surface area (Å²) < 4.78 is 0. The third kappa shape index (κ3) is 3.97. The molecule has 0 fully saturated rings. The van der Waals surface area contributed by atoms with E-state index in [1.54, 1.807) is 0 Å². The smallest absolute Gasteiger partial charge is 0.0501 e. The van der Waals surface area contributed by atoms with E-state index in [1.165, 1.54) is 12.8 Å². The summed E-state index contributed by atoms with van der Waals surface area (Å²) in [5.74, 6) is 1.21. The number of hydrogen-bond acceptors (Lipinski definition) is 2. The van der Waals surface area contributed by atoms with E-state index in [4.69, 9.17) is 5.73 Å². The highest BCUT2D eigenvalue weighted by atomic mass is 16.3. The quantitative estimate of drug-likeness (QED) is 0.664. The van der Waals surface area contributed by atoms with E-state index in [1.807, 2.05) is 0 Å². The van der Waals surface area contributed by atoms with Crippen LogP contribution in [0.4, 0.5) is 0 Å². The summed E-state index contributed by atoms with van der Waals surface area (Å²) in [6.45, 7) is 9.59. The zero-order valence-corrected chi connectivity index (χ0v) is 10.2. The van der Waals surface area contributed by atoms with Crippen molar-refractivity contribution >= 4 is 0 Å². The lowest BCUT2D eigenvalue weighted by molar-refractivity contribution is 0.0714. The molecule has 0 aromatic carbocycles. The summed E-state index contributed by atoms with van der Waals surface area (Å²) in [7, 11) is 0. The monoisotopic (exact) mass is 201 g/mol. The average Bonchev–Trinajstić information content (AvgIpc) is 2.12. The maximum atomic E-state index is 9.43. The molecule has 2 heteroatoms. The molecule has 0 heterocycles. The lowest BCUT2D eigenvalue weighted by Crippen LogP contribution is -2.39. The van der Waals surface area contributed by atoms with E-state index in [9.17, 15) is 5.11 Å². The Morgan fingerprint density at radius 1 is 1.21 bits per heavy atom. The number of aliphatic hydroxyl groups is 1. The van der Waals surface area contributed by atoms with E-state index >= 15 is 0 Å². The fourth-order valence-electron chi connectivity index (χ4n) is 1.81. The van der Waals surface area contributed by atoms with Gasteiger partial charge in [0, 0.05) is 12.0 Å². The standard InChI is InChI=1S/C12H27NO/c1-10(2)6-5-7-12(8-13,9-14)11(3)4/h10-11,14H,5-9,13H2,1-4H3. The lowest BCUT2D eigenvalue weighted by Gasteiger charge is -2.35. The van der Waals surface area contributed by atoms with Gasteiger partial charge in [-0.25, -0.2) is 0 Å². The maximum absolute atomic E-state index is 9.43. The van der Waals surface area contributed by atoms with Gasteiger partial charge < -0.3 is 10.8 Å². The second-order valence-electron chi connectivity index (χ2n) is 5.17. The van der Waals surface area contributed by atoms with Gasteiger partial charge in [-0.1, -0.05) is 40.5 Å². The molecule has 3 N–H and O–H groups in total. The molecule has 1 unspecified atom stereocenters. The predicted molar refractivity (Wildman–Crippen MR) is 62.1 cm³/mol. The summed E-state index contributed by atoms with van der Waals surface area (Å²) in [4.78, 5) is 0. The van der Waals surface area contributed by atoms with Crippen LogP contribution in [-0.2, 0) is 0 Å². The van der Waals surface area contributed by atoms with Crippen molar-refractivity contribution < 1.29 is 5.11 Å². The molecule has 14 heavy (non-hydrogen) atoms. The van der Waals surface area contributed by atoms with Gasteiger partial charge in [-0.05, 0) is 18.3 Å². The molecule has 0 aliphatic carbocycles. The Morgan fingerprint density at radius 2 is 1.79 bits per heavy atom. The van der Waals surface area contributed by atoms with Crippen LogP contribution in [0.5, 0.6) is 0 Å². The molecule has 0 bridgehead atoms. The zero-order chi connectivity index (χ0) is 11.2. The molecule has 1 atom stereocenters. The van der Waals surface area contributed by atoms with Gasteiger partial charge in [0.25, 0.3) is 0 Å². The van der Waals surface area contributed by atoms with Gasteiger partial charge in [0.1, 0.15) is 0 Å². The summed E-state index contributed by atoms with van der Waals surface area (Å²) >= 11 is 0. The summed E-state index contributed by atoms with van der Waals surface area (Å²) in [5.41, 5.74) is 5.73. The normalized spacial score (nSPS) is 16.3. The van der Waals surface area contributed by atoms with Crippen LogP contribution in [0, 0.1) is 17.3 Å². The van der Waals surface area contributed by atoms with Crippen molar-refractivity contribution in [3.05, 3.63) is 0 Å². The Balaban J connectivity index is 4.08. The van der Waals surface area contributed by atoms with E-state index in [2.05, 4.69) is 27.7 Å². The van der Waals surface area contributed by atoms with Crippen molar-refractivity contribution in [2.45, 2.75) is 47.0 Å². The van der Waals surface area contributed by atoms with Gasteiger partial charge in [0.05, 0.1) is 6.61 Å². The van der Waals surface area contributed by atoms with Crippen LogP contribution in [-0.4, -0.2) is 18.3 Å². The van der Waals surface area contributed by atoms with Crippen molar-refractivity contribution in [3.63, 3.8) is 0 Å². The molecule has 0 amide bonds. The first-order valence-electron chi connectivity index (χ1n) is 5.79. The molecular formula is C12H27NO. The van der Waals surface area contributed by atoms with Gasteiger partial charge in [-0.2, -0.15) is 0 Å². The highest BCUT2D eigenvalue weighted by molar-refractivity contribution is 4.82. The highest BCUT2D eigenvalue weighted by Crippen LogP contribution is 2.32. The van der Waals surface area contributed by atoms with Crippen LogP contribution in [0.3, 0.4) is 0 Å². The van der Waals surface area contributed by atoms with Crippen LogP contribution in [0.1, 0.15) is 47.0 Å². The molecule has 0 saturated heterocycles. The van der Waals surface area contributed by atoms with Crippen molar-refractivity contribution in [3.8, 4) is 0 Å². The van der Waals surface area contributed by atoms with Gasteiger partial charge >= 0.3 is 0 Å². The third-order valence-corrected chi connectivity index (χ3v) is 3.40. The number of nitrogens with two attached hydrogens (primary N) is 1. The average molecular weight is 201 g/mol. The second-order valence-corrected chi connectivity index (χ2v) is 5.17. The molecule has 0 radical (unpaired) electrons. The first-order valence-corrected chi connectivity index (χ1v) is 5.79. The van der Waals surface area contributed by atoms with Gasteiger partial charge in [0.2, 0.25) is 0 Å². The van der Waals surface area contributed by atoms with Crippen molar-refractivity contribution in [1.29, 1.82) is 0 Å². The van der Waals surface area contributed by atoms with Crippen molar-refractivity contribution in [2.75, 3.05) is 13.2 Å². The molecular weight excluding hydrogens is 174 g/mol. The molecule has 0 aliphatic heterocycles. The Hall–Kier alpha value is -0.0800. The molecule has 0 aliphatic rings. The highest BCUT2D eigenvalue weighted by Gasteiger charge is 2.30. The van der Waals surface area contributed by atoms with Crippen molar-refractivity contribution in [2.24, 2.45) is 23.0 Å². The lowest BCUT2D eigenvalue weighted by atomic mass is 9.74. The van der Waals surface area contributed by atoms with Crippen LogP contribution >= 0.6 is 0 Å². The topological polar surface area (TPSA) is 46.2 Å². The minimum absolute atomic E-state index is 0.0467. The zero-order valence-electron chi connectivity index (χ0n) is 10.2. The van der Waals surface area contributed by atoms with E-state index in [0.717, 1.165) is 12.3 Å². The molecule has 0 aromatic heterocycles. The minimum atomic E-state index is -0.0467. The third-order valence-electron chi connectivity index (χ3n) is 3.40. The molecule has 0 saturated carbocycles. The summed E-state index contributed by atoms with van der Waals surface area (Å²) in [6, 6.07) is 0. The van der Waals surface area contributed by atoms with Gasteiger partial charge in [-0.15, -0.1) is 0 Å². The summed E-state index contributed by atoms with van der Waals surface area (Å²) in [5, 5.41) is 9.43. The largest absolute Gasteiger partial charge is 0.396 e. The number of rotatable bonds is 7.